The number of rotatable bonds is 3. The predicted octanol–water partition coefficient (Wildman–Crippen LogP) is 2.33. The molecule has 0 amide bonds. The molecule has 1 rings (SSSR count). The van der Waals surface area contributed by atoms with E-state index in [1.807, 2.05) is 0 Å². The van der Waals surface area contributed by atoms with Gasteiger partial charge in [0.25, 0.3) is 0 Å². The zero-order chi connectivity index (χ0) is 9.03. The van der Waals surface area contributed by atoms with Gasteiger partial charge in [-0.05, 0) is 5.31 Å². The topological polar surface area (TPSA) is 0 Å². The van der Waals surface area contributed by atoms with Gasteiger partial charge < -0.3 is 0 Å². The highest BCUT2D eigenvalue weighted by Crippen LogP contribution is 2.24. The van der Waals surface area contributed by atoms with Crippen LogP contribution in [0.1, 0.15) is 32.3 Å². The van der Waals surface area contributed by atoms with E-state index in [1.54, 1.807) is 0 Å². The maximum atomic E-state index is 2.31. The molecule has 1 atom stereocenters. The predicted molar refractivity (Wildman–Crippen MR) is 57.2 cm³/mol. The van der Waals surface area contributed by atoms with E-state index < -0.39 is 0 Å². The number of hydrogen-bond donors (Lipinski definition) is 0. The van der Waals surface area contributed by atoms with Crippen molar-refractivity contribution in [3.8, 4) is 0 Å². The van der Waals surface area contributed by atoms with E-state index in [0.717, 1.165) is 0 Å². The Morgan fingerprint density at radius 2 is 1.83 bits per heavy atom. The van der Waals surface area contributed by atoms with E-state index in [4.69, 9.17) is 0 Å². The molecular weight excluding hydrogens is 143 g/mol. The Kier molecular flexibility index (Phi) is 2.96. The van der Waals surface area contributed by atoms with Gasteiger partial charge in [-0.1, -0.05) is 62.6 Å². The molecule has 0 spiro atoms. The van der Waals surface area contributed by atoms with Crippen LogP contribution in [0.3, 0.4) is 0 Å². The van der Waals surface area contributed by atoms with Crippen molar-refractivity contribution in [3.63, 3.8) is 0 Å². The fraction of sp³-hybridized carbons (Fsp3) is 0.455. The average molecular weight is 160 g/mol. The van der Waals surface area contributed by atoms with Crippen molar-refractivity contribution in [3.05, 3.63) is 35.9 Å². The van der Waals surface area contributed by atoms with Crippen LogP contribution in [0.2, 0.25) is 0 Å². The Morgan fingerprint density at radius 1 is 1.25 bits per heavy atom. The molecule has 0 bridgehead atoms. The lowest BCUT2D eigenvalue weighted by molar-refractivity contribution is 0.595. The highest BCUT2D eigenvalue weighted by molar-refractivity contribution is 6.15. The third kappa shape index (κ3) is 2.13. The summed E-state index contributed by atoms with van der Waals surface area (Å²) < 4.78 is 0. The van der Waals surface area contributed by atoms with Gasteiger partial charge in [-0.2, -0.15) is 0 Å². The van der Waals surface area contributed by atoms with Crippen LogP contribution in [-0.2, 0) is 5.31 Å². The highest BCUT2D eigenvalue weighted by Gasteiger charge is 2.18. The van der Waals surface area contributed by atoms with Crippen LogP contribution in [-0.4, -0.2) is 7.85 Å². The van der Waals surface area contributed by atoms with Crippen LogP contribution in [0, 0.1) is 0 Å². The first-order chi connectivity index (χ1) is 5.67. The molecule has 1 heteroatoms. The van der Waals surface area contributed by atoms with Crippen molar-refractivity contribution in [2.24, 2.45) is 0 Å². The Balaban J connectivity index is 2.82. The second-order valence-corrected chi connectivity index (χ2v) is 4.00. The van der Waals surface area contributed by atoms with Gasteiger partial charge in [-0.3, -0.25) is 0 Å². The molecule has 0 radical (unpaired) electrons. The van der Waals surface area contributed by atoms with Crippen LogP contribution >= 0.6 is 0 Å². The summed E-state index contributed by atoms with van der Waals surface area (Å²) in [5.74, 6) is 0. The number of benzene rings is 1. The first kappa shape index (κ1) is 9.37. The van der Waals surface area contributed by atoms with Crippen LogP contribution < -0.4 is 0 Å². The fourth-order valence-corrected chi connectivity index (χ4v) is 1.66. The Labute approximate surface area is 76.4 Å². The Hall–Kier alpha value is -0.715. The molecule has 0 aromatic heterocycles. The summed E-state index contributed by atoms with van der Waals surface area (Å²) in [5, 5.41) is 0.343. The summed E-state index contributed by atoms with van der Waals surface area (Å²) in [6.45, 7) is 4.55. The van der Waals surface area contributed by atoms with Crippen LogP contribution in [0.25, 0.3) is 0 Å². The van der Waals surface area contributed by atoms with Crippen molar-refractivity contribution >= 4 is 7.85 Å². The maximum absolute atomic E-state index is 2.31. The third-order valence-corrected chi connectivity index (χ3v) is 2.43. The van der Waals surface area contributed by atoms with Gasteiger partial charge in [0.05, 0.1) is 0 Å². The minimum absolute atomic E-state index is 0.343. The SMILES string of the molecule is BC(C)(CCC)c1ccccc1. The van der Waals surface area contributed by atoms with E-state index >= 15 is 0 Å². The van der Waals surface area contributed by atoms with Crippen molar-refractivity contribution < 1.29 is 0 Å². The van der Waals surface area contributed by atoms with Gasteiger partial charge in [0.15, 0.2) is 0 Å². The van der Waals surface area contributed by atoms with E-state index in [0.29, 0.717) is 5.31 Å². The second kappa shape index (κ2) is 3.80. The van der Waals surface area contributed by atoms with E-state index in [2.05, 4.69) is 52.0 Å². The minimum atomic E-state index is 0.343. The van der Waals surface area contributed by atoms with Gasteiger partial charge in [-0.25, -0.2) is 0 Å². The maximum Gasteiger partial charge on any atom is 0.114 e. The van der Waals surface area contributed by atoms with Gasteiger partial charge in [0.2, 0.25) is 0 Å². The molecule has 0 fully saturated rings. The molecule has 0 saturated heterocycles. The lowest BCUT2D eigenvalue weighted by Gasteiger charge is -2.24. The van der Waals surface area contributed by atoms with E-state index in [-0.39, 0.29) is 0 Å². The molecule has 64 valence electrons. The highest BCUT2D eigenvalue weighted by atomic mass is 14.2. The van der Waals surface area contributed by atoms with Crippen LogP contribution in [0.5, 0.6) is 0 Å². The van der Waals surface area contributed by atoms with Gasteiger partial charge in [-0.15, -0.1) is 0 Å². The molecule has 0 aliphatic rings. The molecule has 12 heavy (non-hydrogen) atoms. The zero-order valence-electron chi connectivity index (χ0n) is 8.30. The lowest BCUT2D eigenvalue weighted by Crippen LogP contribution is -2.21. The van der Waals surface area contributed by atoms with Crippen molar-refractivity contribution in [2.45, 2.75) is 32.0 Å². The van der Waals surface area contributed by atoms with Crippen LogP contribution in [0.15, 0.2) is 30.3 Å². The molecular formula is C11H17B. The molecule has 0 heterocycles. The summed E-state index contributed by atoms with van der Waals surface area (Å²) in [7, 11) is 2.31. The van der Waals surface area contributed by atoms with Crippen molar-refractivity contribution in [2.75, 3.05) is 0 Å². The zero-order valence-corrected chi connectivity index (χ0v) is 8.30. The summed E-state index contributed by atoms with van der Waals surface area (Å²) in [4.78, 5) is 0. The molecule has 0 aliphatic carbocycles. The Bertz CT molecular complexity index is 226. The summed E-state index contributed by atoms with van der Waals surface area (Å²) in [5.41, 5.74) is 1.45. The molecule has 0 nitrogen and oxygen atoms in total. The quantitative estimate of drug-likeness (QED) is 0.595. The van der Waals surface area contributed by atoms with Crippen molar-refractivity contribution in [1.82, 2.24) is 0 Å². The summed E-state index contributed by atoms with van der Waals surface area (Å²) >= 11 is 0. The Morgan fingerprint density at radius 3 is 2.33 bits per heavy atom. The second-order valence-electron chi connectivity index (χ2n) is 4.00. The van der Waals surface area contributed by atoms with Gasteiger partial charge in [0.1, 0.15) is 7.85 Å². The first-order valence-corrected chi connectivity index (χ1v) is 4.72. The molecule has 1 aromatic rings. The normalized spacial score (nSPS) is 15.5. The summed E-state index contributed by atoms with van der Waals surface area (Å²) in [6.07, 6.45) is 2.51. The summed E-state index contributed by atoms with van der Waals surface area (Å²) in [6, 6.07) is 10.7. The molecule has 1 unspecified atom stereocenters. The largest absolute Gasteiger partial charge is 0.114 e. The average Bonchev–Trinajstić information content (AvgIpc) is 2.06. The monoisotopic (exact) mass is 160 g/mol. The standard InChI is InChI=1S/C11H17B/c1-3-9-11(2,12)10-7-5-4-6-8-10/h4-8H,3,9,12H2,1-2H3. The fourth-order valence-electron chi connectivity index (χ4n) is 1.66. The van der Waals surface area contributed by atoms with E-state index in [9.17, 15) is 0 Å². The van der Waals surface area contributed by atoms with Crippen molar-refractivity contribution in [1.29, 1.82) is 0 Å². The molecule has 0 saturated carbocycles. The molecule has 0 N–H and O–H groups in total. The van der Waals surface area contributed by atoms with Crippen LogP contribution in [0.4, 0.5) is 0 Å². The molecule has 0 aliphatic heterocycles. The number of hydrogen-bond acceptors (Lipinski definition) is 0. The minimum Gasteiger partial charge on any atom is -0.0654 e. The van der Waals surface area contributed by atoms with Gasteiger partial charge >= 0.3 is 0 Å². The first-order valence-electron chi connectivity index (χ1n) is 4.72. The molecule has 1 aromatic carbocycles. The smallest absolute Gasteiger partial charge is 0.0654 e. The van der Waals surface area contributed by atoms with Gasteiger partial charge in [0, 0.05) is 0 Å². The third-order valence-electron chi connectivity index (χ3n) is 2.43. The lowest BCUT2D eigenvalue weighted by atomic mass is 9.63. The van der Waals surface area contributed by atoms with E-state index in [1.165, 1.54) is 18.4 Å².